The molecule has 0 fully saturated rings. The Kier molecular flexibility index (Phi) is 8.89. The highest BCUT2D eigenvalue weighted by atomic mass is 79.9. The second-order valence-electron chi connectivity index (χ2n) is 4.90. The van der Waals surface area contributed by atoms with Crippen molar-refractivity contribution < 1.29 is 9.13 Å². The summed E-state index contributed by atoms with van der Waals surface area (Å²) in [4.78, 5) is 0. The highest BCUT2D eigenvalue weighted by Crippen LogP contribution is 2.25. The number of rotatable bonds is 10. The van der Waals surface area contributed by atoms with E-state index < -0.39 is 0 Å². The van der Waals surface area contributed by atoms with Crippen molar-refractivity contribution in [2.75, 3.05) is 6.61 Å². The Balaban J connectivity index is 2.03. The Morgan fingerprint density at radius 1 is 1.00 bits per heavy atom. The maximum Gasteiger partial charge on any atom is 0.136 e. The molecule has 0 spiro atoms. The van der Waals surface area contributed by atoms with Crippen LogP contribution in [0.1, 0.15) is 58.3 Å². The molecule has 0 aliphatic rings. The lowest BCUT2D eigenvalue weighted by molar-refractivity contribution is 0.301. The van der Waals surface area contributed by atoms with Crippen LogP contribution in [0.2, 0.25) is 0 Å². The van der Waals surface area contributed by atoms with Crippen LogP contribution in [0.4, 0.5) is 4.39 Å². The Hall–Kier alpha value is -0.570. The van der Waals surface area contributed by atoms with Gasteiger partial charge in [0.05, 0.1) is 11.1 Å². The summed E-state index contributed by atoms with van der Waals surface area (Å²) in [5.74, 6) is 0.345. The lowest BCUT2D eigenvalue weighted by atomic mass is 10.1. The van der Waals surface area contributed by atoms with Gasteiger partial charge in [-0.1, -0.05) is 51.9 Å². The molecule has 0 bridgehead atoms. The third-order valence-electron chi connectivity index (χ3n) is 3.15. The molecule has 1 rings (SSSR count). The van der Waals surface area contributed by atoms with E-state index in [0.29, 0.717) is 12.4 Å². The summed E-state index contributed by atoms with van der Waals surface area (Å²) in [7, 11) is 0. The molecule has 0 aromatic heterocycles. The maximum atomic E-state index is 13.0. The predicted molar refractivity (Wildman–Crippen MR) is 82.2 cm³/mol. The van der Waals surface area contributed by atoms with Gasteiger partial charge in [0.25, 0.3) is 0 Å². The Morgan fingerprint density at radius 2 is 1.63 bits per heavy atom. The number of halogens is 2. The monoisotopic (exact) mass is 330 g/mol. The zero-order valence-electron chi connectivity index (χ0n) is 11.8. The maximum absolute atomic E-state index is 13.0. The Labute approximate surface area is 124 Å². The molecule has 0 N–H and O–H groups in total. The molecule has 0 aliphatic heterocycles. The highest BCUT2D eigenvalue weighted by molar-refractivity contribution is 9.10. The first-order valence-electron chi connectivity index (χ1n) is 7.32. The zero-order valence-corrected chi connectivity index (χ0v) is 13.3. The summed E-state index contributed by atoms with van der Waals surface area (Å²) in [5.41, 5.74) is 0. The number of unbranched alkanes of at least 4 members (excludes halogenated alkanes) is 7. The number of benzene rings is 1. The van der Waals surface area contributed by atoms with E-state index in [-0.39, 0.29) is 5.82 Å². The average Bonchev–Trinajstić information content (AvgIpc) is 2.40. The van der Waals surface area contributed by atoms with Crippen LogP contribution in [-0.4, -0.2) is 6.61 Å². The van der Waals surface area contributed by atoms with E-state index >= 15 is 0 Å². The van der Waals surface area contributed by atoms with Gasteiger partial charge in [-0.3, -0.25) is 0 Å². The van der Waals surface area contributed by atoms with Gasteiger partial charge in [0.15, 0.2) is 0 Å². The molecule has 0 radical (unpaired) electrons. The highest BCUT2D eigenvalue weighted by Gasteiger charge is 2.02. The lowest BCUT2D eigenvalue weighted by Crippen LogP contribution is -1.98. The minimum absolute atomic E-state index is 0.255. The third kappa shape index (κ3) is 7.56. The topological polar surface area (TPSA) is 9.23 Å². The van der Waals surface area contributed by atoms with Gasteiger partial charge in [-0.05, 0) is 34.5 Å². The molecule has 19 heavy (non-hydrogen) atoms. The van der Waals surface area contributed by atoms with Crippen molar-refractivity contribution in [3.05, 3.63) is 28.5 Å². The summed E-state index contributed by atoms with van der Waals surface area (Å²) in [5, 5.41) is 0. The number of hydrogen-bond acceptors (Lipinski definition) is 1. The molecule has 0 aliphatic carbocycles. The first-order valence-corrected chi connectivity index (χ1v) is 8.11. The van der Waals surface area contributed by atoms with Crippen molar-refractivity contribution in [1.82, 2.24) is 0 Å². The van der Waals surface area contributed by atoms with Gasteiger partial charge in [-0.25, -0.2) is 4.39 Å². The summed E-state index contributed by atoms with van der Waals surface area (Å²) < 4.78 is 19.4. The van der Waals surface area contributed by atoms with Crippen LogP contribution in [0.15, 0.2) is 22.7 Å². The fourth-order valence-corrected chi connectivity index (χ4v) is 2.37. The average molecular weight is 331 g/mol. The van der Waals surface area contributed by atoms with Crippen molar-refractivity contribution in [3.8, 4) is 5.75 Å². The molecule has 0 atom stereocenters. The fourth-order valence-electron chi connectivity index (χ4n) is 2.01. The van der Waals surface area contributed by atoms with Crippen LogP contribution in [0, 0.1) is 5.82 Å². The summed E-state index contributed by atoms with van der Waals surface area (Å²) >= 11 is 3.36. The Bertz CT molecular complexity index is 355. The quantitative estimate of drug-likeness (QED) is 0.470. The Morgan fingerprint density at radius 3 is 2.32 bits per heavy atom. The molecule has 0 heterocycles. The minimum Gasteiger partial charge on any atom is -0.492 e. The molecule has 0 unspecified atom stereocenters. The van der Waals surface area contributed by atoms with Gasteiger partial charge >= 0.3 is 0 Å². The second kappa shape index (κ2) is 10.2. The smallest absolute Gasteiger partial charge is 0.136 e. The fraction of sp³-hybridized carbons (Fsp3) is 0.625. The number of hydrogen-bond donors (Lipinski definition) is 0. The van der Waals surface area contributed by atoms with Gasteiger partial charge in [-0.2, -0.15) is 0 Å². The van der Waals surface area contributed by atoms with Crippen molar-refractivity contribution >= 4 is 15.9 Å². The molecule has 3 heteroatoms. The van der Waals surface area contributed by atoms with E-state index in [0.717, 1.165) is 10.9 Å². The van der Waals surface area contributed by atoms with E-state index in [1.165, 1.54) is 57.1 Å². The van der Waals surface area contributed by atoms with Crippen LogP contribution in [-0.2, 0) is 0 Å². The van der Waals surface area contributed by atoms with Crippen LogP contribution in [0.5, 0.6) is 5.75 Å². The summed E-state index contributed by atoms with van der Waals surface area (Å²) in [6.07, 6.45) is 10.2. The first kappa shape index (κ1) is 16.5. The van der Waals surface area contributed by atoms with Crippen molar-refractivity contribution in [1.29, 1.82) is 0 Å². The van der Waals surface area contributed by atoms with Gasteiger partial charge < -0.3 is 4.74 Å². The minimum atomic E-state index is -0.255. The molecule has 108 valence electrons. The molecule has 1 nitrogen and oxygen atoms in total. The van der Waals surface area contributed by atoms with Gasteiger partial charge in [0.1, 0.15) is 11.6 Å². The zero-order chi connectivity index (χ0) is 13.9. The first-order chi connectivity index (χ1) is 9.24. The molecule has 1 aromatic rings. The molecule has 0 saturated heterocycles. The SMILES string of the molecule is CCCCCCCCCCOc1cc(F)ccc1Br. The summed E-state index contributed by atoms with van der Waals surface area (Å²) in [6.45, 7) is 2.90. The largest absolute Gasteiger partial charge is 0.492 e. The molecular weight excluding hydrogens is 307 g/mol. The van der Waals surface area contributed by atoms with Gasteiger partial charge in [0, 0.05) is 6.07 Å². The van der Waals surface area contributed by atoms with E-state index in [1.54, 1.807) is 6.07 Å². The lowest BCUT2D eigenvalue weighted by Gasteiger charge is -2.08. The van der Waals surface area contributed by atoms with Crippen LogP contribution < -0.4 is 4.74 Å². The van der Waals surface area contributed by atoms with Gasteiger partial charge in [0.2, 0.25) is 0 Å². The third-order valence-corrected chi connectivity index (χ3v) is 3.80. The van der Waals surface area contributed by atoms with Crippen molar-refractivity contribution in [2.45, 2.75) is 58.3 Å². The molecule has 1 aromatic carbocycles. The van der Waals surface area contributed by atoms with E-state index in [1.807, 2.05) is 0 Å². The molecule has 0 amide bonds. The predicted octanol–water partition coefficient (Wildman–Crippen LogP) is 6.11. The van der Waals surface area contributed by atoms with Crippen molar-refractivity contribution in [3.63, 3.8) is 0 Å². The van der Waals surface area contributed by atoms with E-state index in [9.17, 15) is 4.39 Å². The van der Waals surface area contributed by atoms with Gasteiger partial charge in [-0.15, -0.1) is 0 Å². The molecular formula is C16H24BrFO. The number of ether oxygens (including phenoxy) is 1. The van der Waals surface area contributed by atoms with E-state index in [2.05, 4.69) is 22.9 Å². The second-order valence-corrected chi connectivity index (χ2v) is 5.75. The van der Waals surface area contributed by atoms with Crippen molar-refractivity contribution in [2.24, 2.45) is 0 Å². The van der Waals surface area contributed by atoms with Crippen LogP contribution in [0.25, 0.3) is 0 Å². The standard InChI is InChI=1S/C16H24BrFO/c1-2-3-4-5-6-7-8-9-12-19-16-13-14(18)10-11-15(16)17/h10-11,13H,2-9,12H2,1H3. The van der Waals surface area contributed by atoms with E-state index in [4.69, 9.17) is 4.74 Å². The van der Waals surface area contributed by atoms with Crippen LogP contribution in [0.3, 0.4) is 0 Å². The summed E-state index contributed by atoms with van der Waals surface area (Å²) in [6, 6.07) is 4.53. The molecule has 0 saturated carbocycles. The normalized spacial score (nSPS) is 10.7. The van der Waals surface area contributed by atoms with Crippen LogP contribution >= 0.6 is 15.9 Å².